The van der Waals surface area contributed by atoms with Gasteiger partial charge in [0.15, 0.2) is 0 Å². The first-order chi connectivity index (χ1) is 10.1. The number of hydrogen-bond donors (Lipinski definition) is 0. The number of carbonyl (C=O) groups is 1. The van der Waals surface area contributed by atoms with Gasteiger partial charge < -0.3 is 4.90 Å². The van der Waals surface area contributed by atoms with Crippen molar-refractivity contribution in [2.45, 2.75) is 33.1 Å². The molecule has 1 aliphatic rings. The molecule has 0 saturated carbocycles. The SMILES string of the molecule is Cc1nc(-c2cccs2)c(CC(=O)N2CCC[C@@H](C)C2)s1. The number of aromatic nitrogens is 1. The Kier molecular flexibility index (Phi) is 4.40. The monoisotopic (exact) mass is 320 g/mol. The molecule has 3 nitrogen and oxygen atoms in total. The van der Waals surface area contributed by atoms with Crippen LogP contribution in [0.5, 0.6) is 0 Å². The molecule has 1 amide bonds. The lowest BCUT2D eigenvalue weighted by atomic mass is 10.00. The number of thiazole rings is 1. The molecule has 1 atom stereocenters. The lowest BCUT2D eigenvalue weighted by Crippen LogP contribution is -2.39. The van der Waals surface area contributed by atoms with Crippen molar-refractivity contribution in [1.29, 1.82) is 0 Å². The largest absolute Gasteiger partial charge is 0.342 e. The molecule has 2 aromatic heterocycles. The van der Waals surface area contributed by atoms with E-state index >= 15 is 0 Å². The fraction of sp³-hybridized carbons (Fsp3) is 0.500. The van der Waals surface area contributed by atoms with Gasteiger partial charge in [-0.1, -0.05) is 13.0 Å². The minimum absolute atomic E-state index is 0.253. The van der Waals surface area contributed by atoms with Crippen LogP contribution in [0.15, 0.2) is 17.5 Å². The second kappa shape index (κ2) is 6.28. The van der Waals surface area contributed by atoms with Crippen molar-refractivity contribution in [2.24, 2.45) is 5.92 Å². The predicted octanol–water partition coefficient (Wildman–Crippen LogP) is 3.98. The fourth-order valence-corrected chi connectivity index (χ4v) is 4.61. The Hall–Kier alpha value is -1.20. The van der Waals surface area contributed by atoms with Gasteiger partial charge in [-0.05, 0) is 37.1 Å². The predicted molar refractivity (Wildman–Crippen MR) is 88.8 cm³/mol. The second-order valence-electron chi connectivity index (χ2n) is 5.75. The Morgan fingerprint density at radius 1 is 1.52 bits per heavy atom. The minimum Gasteiger partial charge on any atom is -0.342 e. The van der Waals surface area contributed by atoms with Crippen molar-refractivity contribution in [1.82, 2.24) is 9.88 Å². The molecule has 21 heavy (non-hydrogen) atoms. The summed E-state index contributed by atoms with van der Waals surface area (Å²) < 4.78 is 0. The summed E-state index contributed by atoms with van der Waals surface area (Å²) in [6.07, 6.45) is 2.86. The van der Waals surface area contributed by atoms with Crippen LogP contribution >= 0.6 is 22.7 Å². The van der Waals surface area contributed by atoms with E-state index in [0.29, 0.717) is 12.3 Å². The summed E-state index contributed by atoms with van der Waals surface area (Å²) in [6.45, 7) is 6.06. The van der Waals surface area contributed by atoms with Crippen molar-refractivity contribution < 1.29 is 4.79 Å². The molecule has 112 valence electrons. The minimum atomic E-state index is 0.253. The van der Waals surface area contributed by atoms with E-state index in [0.717, 1.165) is 40.0 Å². The number of carbonyl (C=O) groups excluding carboxylic acids is 1. The fourth-order valence-electron chi connectivity index (χ4n) is 2.86. The number of thiophene rings is 1. The molecule has 0 bridgehead atoms. The van der Waals surface area contributed by atoms with Crippen LogP contribution in [0.25, 0.3) is 10.6 Å². The highest BCUT2D eigenvalue weighted by Crippen LogP contribution is 2.32. The van der Waals surface area contributed by atoms with Gasteiger partial charge in [-0.15, -0.1) is 22.7 Å². The standard InChI is InChI=1S/C16H20N2OS2/c1-11-5-3-7-18(10-11)15(19)9-14-16(17-12(2)21-14)13-6-4-8-20-13/h4,6,8,11H,3,5,7,9-10H2,1-2H3/t11-/m1/s1. The highest BCUT2D eigenvalue weighted by molar-refractivity contribution is 7.15. The molecule has 0 unspecified atom stereocenters. The number of hydrogen-bond acceptors (Lipinski definition) is 4. The molecule has 1 aliphatic heterocycles. The topological polar surface area (TPSA) is 33.2 Å². The van der Waals surface area contributed by atoms with E-state index in [1.807, 2.05) is 17.9 Å². The summed E-state index contributed by atoms with van der Waals surface area (Å²) in [5, 5.41) is 3.09. The van der Waals surface area contributed by atoms with Crippen LogP contribution in [0.3, 0.4) is 0 Å². The van der Waals surface area contributed by atoms with Crippen molar-refractivity contribution in [3.05, 3.63) is 27.4 Å². The molecule has 0 spiro atoms. The van der Waals surface area contributed by atoms with Crippen LogP contribution < -0.4 is 0 Å². The molecular formula is C16H20N2OS2. The Labute approximate surface area is 133 Å². The quantitative estimate of drug-likeness (QED) is 0.857. The van der Waals surface area contributed by atoms with Gasteiger partial charge in [0.25, 0.3) is 0 Å². The van der Waals surface area contributed by atoms with Crippen molar-refractivity contribution in [3.63, 3.8) is 0 Å². The highest BCUT2D eigenvalue weighted by atomic mass is 32.1. The molecule has 0 N–H and O–H groups in total. The summed E-state index contributed by atoms with van der Waals surface area (Å²) in [5.74, 6) is 0.880. The van der Waals surface area contributed by atoms with Crippen molar-refractivity contribution in [3.8, 4) is 10.6 Å². The molecule has 2 aromatic rings. The van der Waals surface area contributed by atoms with Gasteiger partial charge >= 0.3 is 0 Å². The molecule has 0 aromatic carbocycles. The summed E-state index contributed by atoms with van der Waals surface area (Å²) in [5.41, 5.74) is 1.01. The molecule has 0 radical (unpaired) electrons. The van der Waals surface area contributed by atoms with Gasteiger partial charge in [-0.3, -0.25) is 4.79 Å². The van der Waals surface area contributed by atoms with E-state index in [1.54, 1.807) is 22.7 Å². The first-order valence-electron chi connectivity index (χ1n) is 7.41. The average molecular weight is 320 g/mol. The van der Waals surface area contributed by atoms with Gasteiger partial charge in [0.1, 0.15) is 0 Å². The third-order valence-electron chi connectivity index (χ3n) is 3.88. The van der Waals surface area contributed by atoms with E-state index in [9.17, 15) is 4.79 Å². The molecule has 0 aliphatic carbocycles. The first-order valence-corrected chi connectivity index (χ1v) is 9.11. The number of piperidine rings is 1. The molecule has 1 fully saturated rings. The zero-order valence-corrected chi connectivity index (χ0v) is 14.1. The smallest absolute Gasteiger partial charge is 0.227 e. The van der Waals surface area contributed by atoms with Crippen molar-refractivity contribution in [2.75, 3.05) is 13.1 Å². The maximum atomic E-state index is 12.6. The number of amides is 1. The Morgan fingerprint density at radius 2 is 2.38 bits per heavy atom. The van der Waals surface area contributed by atoms with Crippen LogP contribution in [0.1, 0.15) is 29.7 Å². The van der Waals surface area contributed by atoms with Gasteiger partial charge in [-0.2, -0.15) is 0 Å². The molecule has 3 heterocycles. The average Bonchev–Trinajstić information content (AvgIpc) is 3.08. The van der Waals surface area contributed by atoms with Crippen LogP contribution in [0.2, 0.25) is 0 Å². The Bertz CT molecular complexity index is 618. The highest BCUT2D eigenvalue weighted by Gasteiger charge is 2.23. The van der Waals surface area contributed by atoms with E-state index < -0.39 is 0 Å². The van der Waals surface area contributed by atoms with Gasteiger partial charge in [-0.25, -0.2) is 4.98 Å². The van der Waals surface area contributed by atoms with E-state index in [-0.39, 0.29) is 5.91 Å². The first kappa shape index (κ1) is 14.7. The second-order valence-corrected chi connectivity index (χ2v) is 7.98. The third kappa shape index (κ3) is 3.35. The summed E-state index contributed by atoms with van der Waals surface area (Å²) in [4.78, 5) is 21.5. The maximum absolute atomic E-state index is 12.6. The Morgan fingerprint density at radius 3 is 3.10 bits per heavy atom. The van der Waals surface area contributed by atoms with Crippen LogP contribution in [-0.2, 0) is 11.2 Å². The van der Waals surface area contributed by atoms with Crippen LogP contribution in [0.4, 0.5) is 0 Å². The van der Waals surface area contributed by atoms with Crippen LogP contribution in [0, 0.1) is 12.8 Å². The van der Waals surface area contributed by atoms with Gasteiger partial charge in [0, 0.05) is 18.0 Å². The van der Waals surface area contributed by atoms with E-state index in [2.05, 4.69) is 23.4 Å². The summed E-state index contributed by atoms with van der Waals surface area (Å²) in [6, 6.07) is 4.11. The maximum Gasteiger partial charge on any atom is 0.227 e. The number of aryl methyl sites for hydroxylation is 1. The van der Waals surface area contributed by atoms with Gasteiger partial charge in [0.05, 0.1) is 22.0 Å². The molecule has 5 heteroatoms. The normalized spacial score (nSPS) is 19.0. The molecule has 1 saturated heterocycles. The van der Waals surface area contributed by atoms with Crippen LogP contribution in [-0.4, -0.2) is 28.9 Å². The van der Waals surface area contributed by atoms with Gasteiger partial charge in [0.2, 0.25) is 5.91 Å². The zero-order valence-electron chi connectivity index (χ0n) is 12.5. The number of likely N-dealkylation sites (tertiary alicyclic amines) is 1. The molecular weight excluding hydrogens is 300 g/mol. The third-order valence-corrected chi connectivity index (χ3v) is 5.73. The van der Waals surface area contributed by atoms with E-state index in [1.165, 1.54) is 6.42 Å². The lowest BCUT2D eigenvalue weighted by Gasteiger charge is -2.30. The van der Waals surface area contributed by atoms with Crippen molar-refractivity contribution >= 4 is 28.6 Å². The summed E-state index contributed by atoms with van der Waals surface area (Å²) >= 11 is 3.34. The van der Waals surface area contributed by atoms with E-state index in [4.69, 9.17) is 0 Å². The summed E-state index contributed by atoms with van der Waals surface area (Å²) in [7, 11) is 0. The number of nitrogens with zero attached hydrogens (tertiary/aromatic N) is 2. The zero-order chi connectivity index (χ0) is 14.8. The molecule has 3 rings (SSSR count). The number of rotatable bonds is 3. The lowest BCUT2D eigenvalue weighted by molar-refractivity contribution is -0.132. The Balaban J connectivity index is 1.77.